The molecule has 1 fully saturated rings. The maximum absolute atomic E-state index is 14.2. The van der Waals surface area contributed by atoms with E-state index < -0.39 is 5.41 Å². The van der Waals surface area contributed by atoms with E-state index in [-0.39, 0.29) is 56.8 Å². The Morgan fingerprint density at radius 3 is 2.71 bits per heavy atom. The number of rotatable bonds is 7. The highest BCUT2D eigenvalue weighted by molar-refractivity contribution is 7.20. The molecular formula is C27H30N4O6S. The first kappa shape index (κ1) is 25.9. The number of likely N-dealkylation sites (tertiary alicyclic amines) is 1. The number of hydrogen-bond acceptors (Lipinski definition) is 8. The third kappa shape index (κ3) is 4.35. The number of aromatic nitrogens is 1. The monoisotopic (exact) mass is 538 g/mol. The Bertz CT molecular complexity index is 1340. The van der Waals surface area contributed by atoms with Crippen molar-refractivity contribution in [3.63, 3.8) is 0 Å². The fraction of sp³-hybridized carbons (Fsp3) is 0.407. The molecule has 0 atom stereocenters. The average molecular weight is 539 g/mol. The number of piperidine rings is 1. The van der Waals surface area contributed by atoms with Gasteiger partial charge in [0.15, 0.2) is 5.78 Å². The van der Waals surface area contributed by atoms with Gasteiger partial charge >= 0.3 is 6.03 Å². The topological polar surface area (TPSA) is 125 Å². The molecular weight excluding hydrogens is 508 g/mol. The minimum Gasteiger partial charge on any atom is -0.496 e. The molecule has 4 heterocycles. The Balaban J connectivity index is 1.50. The second kappa shape index (κ2) is 10.6. The normalized spacial score (nSPS) is 16.6. The summed E-state index contributed by atoms with van der Waals surface area (Å²) in [5, 5.41) is 12.3. The molecule has 0 bridgehead atoms. The van der Waals surface area contributed by atoms with E-state index in [1.807, 2.05) is 31.2 Å². The molecule has 10 nitrogen and oxygen atoms in total. The smallest absolute Gasteiger partial charge is 0.317 e. The quantitative estimate of drug-likeness (QED) is 0.442. The van der Waals surface area contributed by atoms with Crippen LogP contribution in [-0.4, -0.2) is 72.6 Å². The number of thiophene rings is 1. The number of ketones is 1. The van der Waals surface area contributed by atoms with E-state index in [0.717, 1.165) is 21.8 Å². The average Bonchev–Trinajstić information content (AvgIpc) is 3.59. The van der Waals surface area contributed by atoms with Crippen molar-refractivity contribution >= 4 is 34.1 Å². The van der Waals surface area contributed by atoms with Crippen LogP contribution >= 0.6 is 11.3 Å². The van der Waals surface area contributed by atoms with Crippen LogP contribution in [0.2, 0.25) is 0 Å². The summed E-state index contributed by atoms with van der Waals surface area (Å²) in [6, 6.07) is 7.38. The number of anilines is 1. The number of fused-ring (bicyclic) bond motifs is 1. The number of aliphatic hydroxyl groups excluding tert-OH is 1. The van der Waals surface area contributed by atoms with Gasteiger partial charge in [0.1, 0.15) is 22.4 Å². The number of benzene rings is 1. The predicted molar refractivity (Wildman–Crippen MR) is 142 cm³/mol. The number of carbonyl (C=O) groups is 3. The molecule has 0 aliphatic carbocycles. The van der Waals surface area contributed by atoms with Gasteiger partial charge in [-0.05, 0) is 43.4 Å². The minimum absolute atomic E-state index is 0.149. The first-order valence-electron chi connectivity index (χ1n) is 12.6. The molecule has 5 rings (SSSR count). The molecule has 2 N–H and O–H groups in total. The number of hydrogen-bond donors (Lipinski definition) is 2. The van der Waals surface area contributed by atoms with Gasteiger partial charge in [0, 0.05) is 26.2 Å². The lowest BCUT2D eigenvalue weighted by molar-refractivity contribution is -0.128. The lowest BCUT2D eigenvalue weighted by atomic mass is 9.69. The summed E-state index contributed by atoms with van der Waals surface area (Å²) in [5.74, 6) is 0.720. The van der Waals surface area contributed by atoms with Crippen LogP contribution in [0, 0.1) is 12.3 Å². The number of aliphatic hydroxyl groups is 1. The first-order valence-corrected chi connectivity index (χ1v) is 13.4. The van der Waals surface area contributed by atoms with Crippen LogP contribution in [0.5, 0.6) is 5.75 Å². The molecule has 1 saturated heterocycles. The van der Waals surface area contributed by atoms with Crippen LogP contribution < -0.4 is 15.0 Å². The number of oxazole rings is 1. The number of nitrogens with zero attached hydrogens (tertiary/aromatic N) is 3. The van der Waals surface area contributed by atoms with Gasteiger partial charge in [-0.25, -0.2) is 9.78 Å². The predicted octanol–water partition coefficient (Wildman–Crippen LogP) is 3.28. The van der Waals surface area contributed by atoms with Crippen LogP contribution in [0.1, 0.15) is 34.3 Å². The highest BCUT2D eigenvalue weighted by Gasteiger charge is 2.55. The van der Waals surface area contributed by atoms with Gasteiger partial charge in [-0.2, -0.15) is 0 Å². The Labute approximate surface area is 224 Å². The van der Waals surface area contributed by atoms with Gasteiger partial charge in [0.2, 0.25) is 11.8 Å². The van der Waals surface area contributed by atoms with E-state index in [4.69, 9.17) is 14.3 Å². The van der Waals surface area contributed by atoms with Gasteiger partial charge in [-0.1, -0.05) is 18.2 Å². The van der Waals surface area contributed by atoms with Crippen molar-refractivity contribution in [1.82, 2.24) is 15.2 Å². The van der Waals surface area contributed by atoms with E-state index in [9.17, 15) is 14.4 Å². The van der Waals surface area contributed by atoms with Gasteiger partial charge in [0.25, 0.3) is 0 Å². The number of ether oxygens (including phenoxy) is 1. The Hall–Kier alpha value is -3.70. The van der Waals surface area contributed by atoms with E-state index in [1.165, 1.54) is 17.6 Å². The maximum atomic E-state index is 14.2. The molecule has 2 aliphatic rings. The number of carbonyl (C=O) groups excluding carboxylic acids is 3. The molecule has 200 valence electrons. The highest BCUT2D eigenvalue weighted by Crippen LogP contribution is 2.51. The van der Waals surface area contributed by atoms with Crippen LogP contribution in [0.25, 0.3) is 10.8 Å². The van der Waals surface area contributed by atoms with Gasteiger partial charge in [-0.15, -0.1) is 11.3 Å². The molecule has 1 aromatic carbocycles. The Morgan fingerprint density at radius 1 is 1.26 bits per heavy atom. The second-order valence-corrected chi connectivity index (χ2v) is 10.4. The standard InChI is InChI=1S/C27H30N4O6S/c1-17-20-22(33)27(8-13-30(14-9-27)26(35)29-10-15-32)25(34)31(12-7-18-5-3-4-6-19(18)36-2)24(20)38-21(17)23-28-11-16-37-23/h3-6,11,16,32H,7-10,12-15H2,1-2H3,(H,29,35). The largest absolute Gasteiger partial charge is 0.496 e. The summed E-state index contributed by atoms with van der Waals surface area (Å²) in [6.45, 7) is 2.75. The summed E-state index contributed by atoms with van der Waals surface area (Å²) < 4.78 is 11.1. The molecule has 3 aromatic rings. The van der Waals surface area contributed by atoms with Gasteiger partial charge in [0.05, 0.1) is 30.4 Å². The fourth-order valence-electron chi connectivity index (χ4n) is 5.33. The van der Waals surface area contributed by atoms with Gasteiger partial charge < -0.3 is 29.4 Å². The van der Waals surface area contributed by atoms with E-state index in [0.29, 0.717) is 29.4 Å². The third-order valence-electron chi connectivity index (χ3n) is 7.41. The Kier molecular flexibility index (Phi) is 7.22. The summed E-state index contributed by atoms with van der Waals surface area (Å²) >= 11 is 1.34. The fourth-order valence-corrected chi connectivity index (χ4v) is 6.60. The molecule has 0 radical (unpaired) electrons. The SMILES string of the molecule is COc1ccccc1CCN1C(=O)C2(CCN(C(=O)NCCO)CC2)C(=O)c2c1sc(-c1ncco1)c2C. The first-order chi connectivity index (χ1) is 18.4. The number of para-hydroxylation sites is 1. The molecule has 3 amide bonds. The van der Waals surface area contributed by atoms with Crippen molar-refractivity contribution < 1.29 is 28.6 Å². The van der Waals surface area contributed by atoms with E-state index in [1.54, 1.807) is 23.1 Å². The van der Waals surface area contributed by atoms with Crippen molar-refractivity contribution in [2.75, 3.05) is 44.8 Å². The number of amides is 3. The summed E-state index contributed by atoms with van der Waals surface area (Å²) in [4.78, 5) is 49.1. The summed E-state index contributed by atoms with van der Waals surface area (Å²) in [5.41, 5.74) is 0.990. The van der Waals surface area contributed by atoms with Crippen molar-refractivity contribution in [3.8, 4) is 16.5 Å². The van der Waals surface area contributed by atoms with Crippen molar-refractivity contribution in [2.24, 2.45) is 5.41 Å². The number of methoxy groups -OCH3 is 1. The van der Waals surface area contributed by atoms with Crippen molar-refractivity contribution in [1.29, 1.82) is 0 Å². The molecule has 2 aromatic heterocycles. The number of Topliss-reactive ketones (excluding diaryl/α,β-unsaturated/α-hetero) is 1. The zero-order valence-corrected chi connectivity index (χ0v) is 22.2. The lowest BCUT2D eigenvalue weighted by Crippen LogP contribution is -2.59. The Morgan fingerprint density at radius 2 is 2.03 bits per heavy atom. The number of urea groups is 1. The molecule has 0 unspecified atom stereocenters. The van der Waals surface area contributed by atoms with Crippen molar-refractivity contribution in [3.05, 3.63) is 53.4 Å². The van der Waals surface area contributed by atoms with Crippen molar-refractivity contribution in [2.45, 2.75) is 26.2 Å². The highest BCUT2D eigenvalue weighted by atomic mass is 32.1. The van der Waals surface area contributed by atoms with E-state index >= 15 is 0 Å². The van der Waals surface area contributed by atoms with Crippen LogP contribution in [0.3, 0.4) is 0 Å². The third-order valence-corrected chi connectivity index (χ3v) is 8.71. The van der Waals surface area contributed by atoms with Crippen LogP contribution in [0.4, 0.5) is 9.80 Å². The minimum atomic E-state index is -1.25. The molecule has 11 heteroatoms. The van der Waals surface area contributed by atoms with Crippen LogP contribution in [0.15, 0.2) is 41.1 Å². The molecule has 0 saturated carbocycles. The van der Waals surface area contributed by atoms with E-state index in [2.05, 4.69) is 10.3 Å². The molecule has 2 aliphatic heterocycles. The zero-order chi connectivity index (χ0) is 26.9. The molecule has 1 spiro atoms. The second-order valence-electron chi connectivity index (χ2n) is 9.45. The summed E-state index contributed by atoms with van der Waals surface area (Å²) in [6.07, 6.45) is 4.04. The van der Waals surface area contributed by atoms with Crippen LogP contribution in [-0.2, 0) is 11.2 Å². The maximum Gasteiger partial charge on any atom is 0.317 e. The number of nitrogens with one attached hydrogen (secondary N) is 1. The zero-order valence-electron chi connectivity index (χ0n) is 21.4. The molecule has 38 heavy (non-hydrogen) atoms. The van der Waals surface area contributed by atoms with Gasteiger partial charge in [-0.3, -0.25) is 9.59 Å². The lowest BCUT2D eigenvalue weighted by Gasteiger charge is -2.44. The summed E-state index contributed by atoms with van der Waals surface area (Å²) in [7, 11) is 1.62.